The third-order valence-electron chi connectivity index (χ3n) is 2.15. The average molecular weight is 215 g/mol. The van der Waals surface area contributed by atoms with Crippen molar-refractivity contribution < 1.29 is 4.79 Å². The van der Waals surface area contributed by atoms with E-state index in [1.165, 1.54) is 0 Å². The van der Waals surface area contributed by atoms with Crippen LogP contribution in [-0.2, 0) is 6.54 Å². The molecule has 1 heterocycles. The van der Waals surface area contributed by atoms with Gasteiger partial charge in [-0.2, -0.15) is 5.10 Å². The van der Waals surface area contributed by atoms with E-state index in [1.807, 2.05) is 0 Å². The molecule has 14 heavy (non-hydrogen) atoms. The van der Waals surface area contributed by atoms with Gasteiger partial charge >= 0.3 is 0 Å². The largest absolute Gasteiger partial charge is 0.298 e. The zero-order valence-corrected chi connectivity index (χ0v) is 9.51. The van der Waals surface area contributed by atoms with Crippen LogP contribution in [0.25, 0.3) is 0 Å². The topological polar surface area (TPSA) is 34.9 Å². The Bertz CT molecular complexity index is 331. The highest BCUT2D eigenvalue weighted by Crippen LogP contribution is 2.18. The van der Waals surface area contributed by atoms with E-state index < -0.39 is 0 Å². The van der Waals surface area contributed by atoms with Crippen molar-refractivity contribution in [3.8, 4) is 0 Å². The normalized spacial score (nSPS) is 10.9. The van der Waals surface area contributed by atoms with Gasteiger partial charge in [-0.25, -0.2) is 0 Å². The number of aryl methyl sites for hydroxylation is 2. The molecule has 0 atom stereocenters. The van der Waals surface area contributed by atoms with E-state index in [2.05, 4.69) is 18.9 Å². The summed E-state index contributed by atoms with van der Waals surface area (Å²) in [7, 11) is 0. The van der Waals surface area contributed by atoms with Crippen molar-refractivity contribution in [2.24, 2.45) is 5.92 Å². The second kappa shape index (κ2) is 4.60. The van der Waals surface area contributed by atoms with Crippen LogP contribution >= 0.6 is 11.6 Å². The van der Waals surface area contributed by atoms with E-state index in [9.17, 15) is 4.79 Å². The zero-order chi connectivity index (χ0) is 10.7. The van der Waals surface area contributed by atoms with E-state index in [-0.39, 0.29) is 0 Å². The number of aromatic nitrogens is 2. The standard InChI is InChI=1S/C10H15ClN2O/c1-7(2)4-5-13-10(11)9(6-14)8(3)12-13/h6-7H,4-5H2,1-3H3. The first kappa shape index (κ1) is 11.2. The molecule has 4 heteroatoms. The monoisotopic (exact) mass is 214 g/mol. The minimum atomic E-state index is 0.457. The first-order chi connectivity index (χ1) is 6.56. The second-order valence-electron chi connectivity index (χ2n) is 3.81. The first-order valence-corrected chi connectivity index (χ1v) is 5.12. The fraction of sp³-hybridized carbons (Fsp3) is 0.600. The fourth-order valence-corrected chi connectivity index (χ4v) is 1.53. The van der Waals surface area contributed by atoms with Gasteiger partial charge in [0.15, 0.2) is 6.29 Å². The van der Waals surface area contributed by atoms with E-state index >= 15 is 0 Å². The lowest BCUT2D eigenvalue weighted by atomic mass is 10.1. The number of aldehydes is 1. The molecule has 0 fully saturated rings. The van der Waals surface area contributed by atoms with E-state index in [4.69, 9.17) is 11.6 Å². The maximum atomic E-state index is 10.7. The molecular formula is C10H15ClN2O. The number of rotatable bonds is 4. The second-order valence-corrected chi connectivity index (χ2v) is 4.17. The van der Waals surface area contributed by atoms with E-state index in [1.54, 1.807) is 11.6 Å². The highest BCUT2D eigenvalue weighted by molar-refractivity contribution is 6.32. The molecule has 0 aliphatic carbocycles. The van der Waals surface area contributed by atoms with Crippen molar-refractivity contribution in [3.63, 3.8) is 0 Å². The predicted molar refractivity (Wildman–Crippen MR) is 56.8 cm³/mol. The molecule has 0 spiro atoms. The summed E-state index contributed by atoms with van der Waals surface area (Å²) in [6, 6.07) is 0. The van der Waals surface area contributed by atoms with Gasteiger partial charge in [0, 0.05) is 6.54 Å². The molecule has 1 aromatic heterocycles. The number of nitrogens with zero attached hydrogens (tertiary/aromatic N) is 2. The van der Waals surface area contributed by atoms with Crippen molar-refractivity contribution in [3.05, 3.63) is 16.4 Å². The number of carbonyl (C=O) groups is 1. The summed E-state index contributed by atoms with van der Waals surface area (Å²) in [5, 5.41) is 4.66. The van der Waals surface area contributed by atoms with Crippen LogP contribution in [0, 0.1) is 12.8 Å². The van der Waals surface area contributed by atoms with Crippen LogP contribution in [0.3, 0.4) is 0 Å². The molecule has 0 aliphatic heterocycles. The van der Waals surface area contributed by atoms with Crippen LogP contribution in [0.2, 0.25) is 5.15 Å². The van der Waals surface area contributed by atoms with Gasteiger partial charge in [0.2, 0.25) is 0 Å². The van der Waals surface area contributed by atoms with Crippen molar-refractivity contribution in [1.29, 1.82) is 0 Å². The Morgan fingerprint density at radius 1 is 1.57 bits per heavy atom. The first-order valence-electron chi connectivity index (χ1n) is 4.74. The third kappa shape index (κ3) is 2.35. The minimum Gasteiger partial charge on any atom is -0.298 e. The van der Waals surface area contributed by atoms with Gasteiger partial charge in [0.25, 0.3) is 0 Å². The Morgan fingerprint density at radius 3 is 2.64 bits per heavy atom. The van der Waals surface area contributed by atoms with Gasteiger partial charge in [-0.1, -0.05) is 25.4 Å². The summed E-state index contributed by atoms with van der Waals surface area (Å²) in [6.07, 6.45) is 1.77. The Hall–Kier alpha value is -0.830. The van der Waals surface area contributed by atoms with Gasteiger partial charge in [-0.3, -0.25) is 9.48 Å². The van der Waals surface area contributed by atoms with Gasteiger partial charge < -0.3 is 0 Å². The predicted octanol–water partition coefficient (Wildman–Crippen LogP) is 2.70. The summed E-state index contributed by atoms with van der Waals surface area (Å²) in [5.41, 5.74) is 1.21. The number of halogens is 1. The highest BCUT2D eigenvalue weighted by atomic mass is 35.5. The van der Waals surface area contributed by atoms with Crippen LogP contribution in [0.4, 0.5) is 0 Å². The maximum absolute atomic E-state index is 10.7. The van der Waals surface area contributed by atoms with Gasteiger partial charge in [0.05, 0.1) is 11.3 Å². The van der Waals surface area contributed by atoms with Crippen LogP contribution in [0.15, 0.2) is 0 Å². The summed E-state index contributed by atoms with van der Waals surface area (Å²) < 4.78 is 1.70. The molecule has 3 nitrogen and oxygen atoms in total. The third-order valence-corrected chi connectivity index (χ3v) is 2.54. The lowest BCUT2D eigenvalue weighted by molar-refractivity contribution is 0.112. The molecule has 1 rings (SSSR count). The summed E-state index contributed by atoms with van der Waals surface area (Å²) in [5.74, 6) is 0.607. The van der Waals surface area contributed by atoms with Crippen molar-refractivity contribution >= 4 is 17.9 Å². The van der Waals surface area contributed by atoms with Crippen molar-refractivity contribution in [2.75, 3.05) is 0 Å². The molecule has 0 aliphatic rings. The lowest BCUT2D eigenvalue weighted by Gasteiger charge is -2.05. The SMILES string of the molecule is Cc1nn(CCC(C)C)c(Cl)c1C=O. The maximum Gasteiger partial charge on any atom is 0.155 e. The Morgan fingerprint density at radius 2 is 2.21 bits per heavy atom. The Kier molecular flexibility index (Phi) is 3.69. The van der Waals surface area contributed by atoms with Crippen LogP contribution in [-0.4, -0.2) is 16.1 Å². The summed E-state index contributed by atoms with van der Waals surface area (Å²) >= 11 is 5.98. The number of hydrogen-bond acceptors (Lipinski definition) is 2. The average Bonchev–Trinajstić information content (AvgIpc) is 2.38. The van der Waals surface area contributed by atoms with Crippen molar-refractivity contribution in [1.82, 2.24) is 9.78 Å². The minimum absolute atomic E-state index is 0.457. The van der Waals surface area contributed by atoms with Gasteiger partial charge in [-0.05, 0) is 19.3 Å². The van der Waals surface area contributed by atoms with Crippen molar-refractivity contribution in [2.45, 2.75) is 33.7 Å². The molecular weight excluding hydrogens is 200 g/mol. The molecule has 0 bridgehead atoms. The molecule has 78 valence electrons. The number of hydrogen-bond donors (Lipinski definition) is 0. The Balaban J connectivity index is 2.83. The molecule has 0 unspecified atom stereocenters. The van der Waals surface area contributed by atoms with Crippen LogP contribution in [0.1, 0.15) is 36.3 Å². The fourth-order valence-electron chi connectivity index (χ4n) is 1.23. The summed E-state index contributed by atoms with van der Waals surface area (Å²) in [6.45, 7) is 6.85. The molecule has 0 radical (unpaired) electrons. The van der Waals surface area contributed by atoms with E-state index in [0.29, 0.717) is 22.3 Å². The summed E-state index contributed by atoms with van der Waals surface area (Å²) in [4.78, 5) is 10.7. The van der Waals surface area contributed by atoms with Gasteiger partial charge in [0.1, 0.15) is 5.15 Å². The molecule has 0 aromatic carbocycles. The molecule has 0 amide bonds. The van der Waals surface area contributed by atoms with Crippen LogP contribution < -0.4 is 0 Å². The van der Waals surface area contributed by atoms with E-state index in [0.717, 1.165) is 19.3 Å². The zero-order valence-electron chi connectivity index (χ0n) is 8.75. The van der Waals surface area contributed by atoms with Crippen LogP contribution in [0.5, 0.6) is 0 Å². The van der Waals surface area contributed by atoms with Gasteiger partial charge in [-0.15, -0.1) is 0 Å². The molecule has 1 aromatic rings. The molecule has 0 saturated heterocycles. The molecule has 0 saturated carbocycles. The molecule has 0 N–H and O–H groups in total. The smallest absolute Gasteiger partial charge is 0.155 e. The number of carbonyl (C=O) groups excluding carboxylic acids is 1. The quantitative estimate of drug-likeness (QED) is 0.723. The Labute approximate surface area is 89.1 Å². The lowest BCUT2D eigenvalue weighted by Crippen LogP contribution is -2.03. The highest BCUT2D eigenvalue weighted by Gasteiger charge is 2.12.